The molecule has 0 aliphatic carbocycles. The fourth-order valence-electron chi connectivity index (χ4n) is 1.91. The Morgan fingerprint density at radius 3 is 2.47 bits per heavy atom. The SMILES string of the molecule is O=S(O)On1c(-c2ccccc2)nc2ccccc21. The van der Waals surface area contributed by atoms with Crippen molar-refractivity contribution >= 4 is 22.4 Å². The van der Waals surface area contributed by atoms with Crippen LogP contribution in [0.4, 0.5) is 0 Å². The first kappa shape index (κ1) is 11.9. The van der Waals surface area contributed by atoms with E-state index in [2.05, 4.69) is 4.98 Å². The Kier molecular flexibility index (Phi) is 3.02. The molecule has 96 valence electrons. The van der Waals surface area contributed by atoms with Crippen LogP contribution in [-0.2, 0) is 11.4 Å². The summed E-state index contributed by atoms with van der Waals surface area (Å²) in [6, 6.07) is 16.6. The Balaban J connectivity index is 2.26. The van der Waals surface area contributed by atoms with E-state index >= 15 is 0 Å². The molecule has 0 amide bonds. The van der Waals surface area contributed by atoms with Crippen molar-refractivity contribution in [3.05, 3.63) is 54.6 Å². The maximum Gasteiger partial charge on any atom is 0.377 e. The van der Waals surface area contributed by atoms with Crippen LogP contribution in [0.25, 0.3) is 22.4 Å². The summed E-state index contributed by atoms with van der Waals surface area (Å²) in [6.45, 7) is 0. The zero-order chi connectivity index (χ0) is 13.2. The van der Waals surface area contributed by atoms with E-state index in [-0.39, 0.29) is 0 Å². The first-order valence-corrected chi connectivity index (χ1v) is 6.61. The molecule has 0 saturated carbocycles. The highest BCUT2D eigenvalue weighted by Crippen LogP contribution is 2.23. The molecule has 5 nitrogen and oxygen atoms in total. The van der Waals surface area contributed by atoms with Crippen molar-refractivity contribution in [2.45, 2.75) is 0 Å². The number of fused-ring (bicyclic) bond motifs is 1. The quantitative estimate of drug-likeness (QED) is 0.744. The number of nitrogens with zero attached hydrogens (tertiary/aromatic N) is 2. The van der Waals surface area contributed by atoms with E-state index in [0.717, 1.165) is 5.56 Å². The lowest BCUT2D eigenvalue weighted by Crippen LogP contribution is -2.14. The number of para-hydroxylation sites is 2. The molecular weight excluding hydrogens is 264 g/mol. The summed E-state index contributed by atoms with van der Waals surface area (Å²) in [5.74, 6) is 0.490. The molecule has 6 heteroatoms. The zero-order valence-corrected chi connectivity index (χ0v) is 10.6. The van der Waals surface area contributed by atoms with Gasteiger partial charge in [-0.2, -0.15) is 4.21 Å². The van der Waals surface area contributed by atoms with Gasteiger partial charge in [0.2, 0.25) is 0 Å². The van der Waals surface area contributed by atoms with Crippen LogP contribution in [0, 0.1) is 0 Å². The molecule has 0 fully saturated rings. The van der Waals surface area contributed by atoms with Crippen molar-refractivity contribution in [3.63, 3.8) is 0 Å². The van der Waals surface area contributed by atoms with E-state index in [9.17, 15) is 4.21 Å². The Bertz CT molecular complexity index is 740. The summed E-state index contributed by atoms with van der Waals surface area (Å²) in [7, 11) is 0. The van der Waals surface area contributed by atoms with Crippen LogP contribution in [0.1, 0.15) is 0 Å². The fraction of sp³-hybridized carbons (Fsp3) is 0. The maximum atomic E-state index is 10.9. The van der Waals surface area contributed by atoms with Crippen molar-refractivity contribution in [1.29, 1.82) is 0 Å². The number of rotatable bonds is 3. The Morgan fingerprint density at radius 1 is 1.05 bits per heavy atom. The monoisotopic (exact) mass is 274 g/mol. The summed E-state index contributed by atoms with van der Waals surface area (Å²) < 4.78 is 26.1. The minimum absolute atomic E-state index is 0.490. The number of benzene rings is 2. The minimum Gasteiger partial charge on any atom is -0.283 e. The predicted octanol–water partition coefficient (Wildman–Crippen LogP) is 2.27. The zero-order valence-electron chi connectivity index (χ0n) is 9.76. The lowest BCUT2D eigenvalue weighted by Gasteiger charge is -2.05. The van der Waals surface area contributed by atoms with Crippen LogP contribution in [0.3, 0.4) is 0 Å². The highest BCUT2D eigenvalue weighted by Gasteiger charge is 2.14. The number of hydrogen-bond donors (Lipinski definition) is 1. The topological polar surface area (TPSA) is 64.3 Å². The summed E-state index contributed by atoms with van der Waals surface area (Å²) in [4.78, 5) is 4.43. The van der Waals surface area contributed by atoms with E-state index in [1.807, 2.05) is 48.5 Å². The molecule has 0 saturated heterocycles. The third-order valence-corrected chi connectivity index (χ3v) is 2.97. The van der Waals surface area contributed by atoms with Crippen LogP contribution >= 0.6 is 0 Å². The molecule has 3 aromatic rings. The van der Waals surface area contributed by atoms with E-state index in [4.69, 9.17) is 8.84 Å². The molecule has 1 heterocycles. The lowest BCUT2D eigenvalue weighted by atomic mass is 10.2. The molecule has 1 atom stereocenters. The Morgan fingerprint density at radius 2 is 1.74 bits per heavy atom. The third-order valence-electron chi connectivity index (χ3n) is 2.69. The van der Waals surface area contributed by atoms with Crippen molar-refractivity contribution in [2.75, 3.05) is 0 Å². The highest BCUT2D eigenvalue weighted by molar-refractivity contribution is 7.74. The smallest absolute Gasteiger partial charge is 0.283 e. The molecule has 19 heavy (non-hydrogen) atoms. The fourth-order valence-corrected chi connectivity index (χ4v) is 2.19. The van der Waals surface area contributed by atoms with Gasteiger partial charge in [0.25, 0.3) is 0 Å². The Labute approximate surface area is 111 Å². The predicted molar refractivity (Wildman–Crippen MR) is 72.5 cm³/mol. The lowest BCUT2D eigenvalue weighted by molar-refractivity contribution is 0.286. The van der Waals surface area contributed by atoms with E-state index in [0.29, 0.717) is 16.9 Å². The average molecular weight is 274 g/mol. The first-order chi connectivity index (χ1) is 9.25. The van der Waals surface area contributed by atoms with Gasteiger partial charge in [0.05, 0.1) is 5.52 Å². The van der Waals surface area contributed by atoms with Gasteiger partial charge in [-0.3, -0.25) is 8.84 Å². The molecule has 0 aliphatic heterocycles. The van der Waals surface area contributed by atoms with Crippen molar-refractivity contribution in [2.24, 2.45) is 0 Å². The molecule has 0 spiro atoms. The standard InChI is InChI=1S/C13H10N2O3S/c16-19(17)18-15-12-9-5-4-8-11(12)14-13(15)10-6-2-1-3-7-10/h1-9H,(H,16,17). The van der Waals surface area contributed by atoms with E-state index in [1.165, 1.54) is 4.73 Å². The molecular formula is C13H10N2O3S. The third kappa shape index (κ3) is 2.23. The normalized spacial score (nSPS) is 12.5. The van der Waals surface area contributed by atoms with E-state index < -0.39 is 11.4 Å². The van der Waals surface area contributed by atoms with Crippen LogP contribution in [-0.4, -0.2) is 18.5 Å². The molecule has 1 aromatic heterocycles. The molecule has 0 bridgehead atoms. The molecule has 2 aromatic carbocycles. The summed E-state index contributed by atoms with van der Waals surface area (Å²) in [5, 5.41) is 0. The van der Waals surface area contributed by atoms with Gasteiger partial charge >= 0.3 is 11.4 Å². The second kappa shape index (κ2) is 4.83. The molecule has 0 aliphatic rings. The summed E-state index contributed by atoms with van der Waals surface area (Å²) in [5.41, 5.74) is 2.15. The van der Waals surface area contributed by atoms with Gasteiger partial charge in [-0.1, -0.05) is 42.5 Å². The Hall–Kier alpha value is -2.18. The van der Waals surface area contributed by atoms with Gasteiger partial charge in [0.15, 0.2) is 5.82 Å². The molecule has 1 unspecified atom stereocenters. The minimum atomic E-state index is -2.41. The average Bonchev–Trinajstić information content (AvgIpc) is 2.78. The van der Waals surface area contributed by atoms with Gasteiger partial charge < -0.3 is 0 Å². The van der Waals surface area contributed by atoms with Gasteiger partial charge in [0, 0.05) is 5.56 Å². The van der Waals surface area contributed by atoms with Gasteiger partial charge in [-0.05, 0) is 12.1 Å². The van der Waals surface area contributed by atoms with Crippen LogP contribution in [0.15, 0.2) is 54.6 Å². The van der Waals surface area contributed by atoms with Gasteiger partial charge in [-0.15, -0.1) is 4.73 Å². The second-order valence-corrected chi connectivity index (χ2v) is 4.46. The summed E-state index contributed by atoms with van der Waals surface area (Å²) in [6.07, 6.45) is 0. The number of aromatic nitrogens is 2. The van der Waals surface area contributed by atoms with E-state index in [1.54, 1.807) is 6.07 Å². The van der Waals surface area contributed by atoms with Crippen molar-refractivity contribution in [1.82, 2.24) is 9.71 Å². The summed E-state index contributed by atoms with van der Waals surface area (Å²) >= 11 is -2.41. The molecule has 1 N–H and O–H groups in total. The van der Waals surface area contributed by atoms with Crippen molar-refractivity contribution in [3.8, 4) is 11.4 Å². The largest absolute Gasteiger partial charge is 0.377 e. The van der Waals surface area contributed by atoms with Crippen LogP contribution in [0.5, 0.6) is 0 Å². The number of imidazole rings is 1. The molecule has 3 rings (SSSR count). The van der Waals surface area contributed by atoms with Crippen LogP contribution in [0.2, 0.25) is 0 Å². The highest BCUT2D eigenvalue weighted by atomic mass is 32.2. The molecule has 0 radical (unpaired) electrons. The van der Waals surface area contributed by atoms with Crippen molar-refractivity contribution < 1.29 is 13.0 Å². The first-order valence-electron chi connectivity index (χ1n) is 5.58. The maximum absolute atomic E-state index is 10.9. The van der Waals surface area contributed by atoms with Gasteiger partial charge in [-0.25, -0.2) is 4.98 Å². The van der Waals surface area contributed by atoms with Gasteiger partial charge in [0.1, 0.15) is 5.52 Å². The number of hydrogen-bond acceptors (Lipinski definition) is 3. The van der Waals surface area contributed by atoms with Crippen LogP contribution < -0.4 is 4.28 Å². The second-order valence-electron chi connectivity index (χ2n) is 3.88.